The number of amides is 3. The molecule has 0 spiro atoms. The number of hydrogen-bond donors (Lipinski definition) is 6. The molecule has 0 bridgehead atoms. The number of carbonyl (C=O) groups is 3. The maximum atomic E-state index is 12.8. The van der Waals surface area contributed by atoms with Gasteiger partial charge in [-0.05, 0) is 19.8 Å². The van der Waals surface area contributed by atoms with Crippen molar-refractivity contribution in [2.45, 2.75) is 167 Å². The zero-order valence-electron chi connectivity index (χ0n) is 34.1. The van der Waals surface area contributed by atoms with Crippen molar-refractivity contribution in [1.82, 2.24) is 16.0 Å². The summed E-state index contributed by atoms with van der Waals surface area (Å²) in [6.07, 6.45) is 23.9. The Hall–Kier alpha value is -1.25. The van der Waals surface area contributed by atoms with Crippen molar-refractivity contribution in [3.05, 3.63) is 0 Å². The highest BCUT2D eigenvalue weighted by Crippen LogP contribution is 2.40. The number of nitrogens with two attached hydrogens (primary N) is 1. The molecule has 0 aliphatic carbocycles. The molecular formula is C39H79N4O9PS. The van der Waals surface area contributed by atoms with Crippen LogP contribution in [0.4, 0.5) is 0 Å². The van der Waals surface area contributed by atoms with Gasteiger partial charge in [0.2, 0.25) is 17.7 Å². The lowest BCUT2D eigenvalue weighted by Crippen LogP contribution is -2.46. The van der Waals surface area contributed by atoms with E-state index in [1.165, 1.54) is 115 Å². The monoisotopic (exact) mass is 811 g/mol. The summed E-state index contributed by atoms with van der Waals surface area (Å²) in [6.45, 7) is 7.50. The molecule has 54 heavy (non-hydrogen) atoms. The van der Waals surface area contributed by atoms with Crippen molar-refractivity contribution < 1.29 is 42.9 Å². The van der Waals surface area contributed by atoms with Crippen molar-refractivity contribution in [3.63, 3.8) is 0 Å². The molecule has 15 heteroatoms. The zero-order valence-corrected chi connectivity index (χ0v) is 35.8. The van der Waals surface area contributed by atoms with Gasteiger partial charge in [0.1, 0.15) is 0 Å². The predicted molar refractivity (Wildman–Crippen MR) is 221 cm³/mol. The van der Waals surface area contributed by atoms with Gasteiger partial charge in [0.25, 0.3) is 0 Å². The van der Waals surface area contributed by atoms with E-state index in [2.05, 4.69) is 29.8 Å². The van der Waals surface area contributed by atoms with Crippen molar-refractivity contribution >= 4 is 37.1 Å². The maximum absolute atomic E-state index is 12.8. The predicted octanol–water partition coefficient (Wildman–Crippen LogP) is 6.22. The van der Waals surface area contributed by atoms with Crippen LogP contribution in [0.15, 0.2) is 0 Å². The molecule has 0 aliphatic rings. The molecule has 0 aromatic carbocycles. The van der Waals surface area contributed by atoms with Gasteiger partial charge < -0.3 is 45.7 Å². The van der Waals surface area contributed by atoms with Gasteiger partial charge in [-0.25, -0.2) is 0 Å². The van der Waals surface area contributed by atoms with Gasteiger partial charge in [0.05, 0.1) is 57.3 Å². The summed E-state index contributed by atoms with van der Waals surface area (Å²) >= 11 is 1.48. The standard InChI is InChI=1S/C39H79N4O9PS/c1-4-6-8-10-12-14-16-18-20-22-25-51-31-35(43-37(44)23-21-19-17-15-13-11-9-7-5-2)32-54-33-36(40)39(46)42-29-38(45)41-24-26-50-27-28-52-30-34(3)53(47,48)49/h34-36H,4-33,40H2,1-3H3,(H,41,45)(H,42,46)(H,43,44)(H2,47,48,49)/t34?,35-,36+/m1/s1. The first-order chi connectivity index (χ1) is 26.0. The first-order valence-electron chi connectivity index (χ1n) is 21.0. The van der Waals surface area contributed by atoms with Crippen LogP contribution in [0.5, 0.6) is 0 Å². The van der Waals surface area contributed by atoms with Crippen molar-refractivity contribution in [2.75, 3.05) is 64.2 Å². The fourth-order valence-corrected chi connectivity index (χ4v) is 6.86. The molecule has 0 saturated heterocycles. The second-order valence-electron chi connectivity index (χ2n) is 14.4. The van der Waals surface area contributed by atoms with Crippen LogP contribution >= 0.6 is 19.4 Å². The fraction of sp³-hybridized carbons (Fsp3) is 0.923. The van der Waals surface area contributed by atoms with E-state index in [0.717, 1.165) is 25.7 Å². The highest BCUT2D eigenvalue weighted by Gasteiger charge is 2.23. The Morgan fingerprint density at radius 1 is 0.648 bits per heavy atom. The van der Waals surface area contributed by atoms with Crippen LogP contribution in [0.25, 0.3) is 0 Å². The summed E-state index contributed by atoms with van der Waals surface area (Å²) in [4.78, 5) is 55.6. The van der Waals surface area contributed by atoms with Gasteiger partial charge in [-0.2, -0.15) is 11.8 Å². The third-order valence-electron chi connectivity index (χ3n) is 9.08. The third-order valence-corrected chi connectivity index (χ3v) is 11.6. The Bertz CT molecular complexity index is 963. The number of ether oxygens (including phenoxy) is 3. The molecule has 3 amide bonds. The quantitative estimate of drug-likeness (QED) is 0.0303. The molecular weight excluding hydrogens is 731 g/mol. The largest absolute Gasteiger partial charge is 0.379 e. The first-order valence-corrected chi connectivity index (χ1v) is 23.8. The van der Waals surface area contributed by atoms with Gasteiger partial charge in [-0.15, -0.1) is 0 Å². The molecule has 13 nitrogen and oxygen atoms in total. The minimum atomic E-state index is -4.16. The van der Waals surface area contributed by atoms with Gasteiger partial charge in [0.15, 0.2) is 0 Å². The Morgan fingerprint density at radius 3 is 1.74 bits per heavy atom. The number of hydrogen-bond acceptors (Lipinski definition) is 9. The molecule has 0 aromatic rings. The van der Waals surface area contributed by atoms with E-state index in [-0.39, 0.29) is 57.4 Å². The minimum Gasteiger partial charge on any atom is -0.379 e. The highest BCUT2D eigenvalue weighted by atomic mass is 32.2. The minimum absolute atomic E-state index is 0.0330. The summed E-state index contributed by atoms with van der Waals surface area (Å²) in [5.74, 6) is 0.119. The number of thioether (sulfide) groups is 1. The summed E-state index contributed by atoms with van der Waals surface area (Å²) in [6, 6.07) is -0.993. The number of rotatable bonds is 40. The van der Waals surface area contributed by atoms with E-state index in [1.54, 1.807) is 0 Å². The molecule has 0 heterocycles. The van der Waals surface area contributed by atoms with E-state index in [1.807, 2.05) is 0 Å². The molecule has 0 aliphatic heterocycles. The average Bonchev–Trinajstić information content (AvgIpc) is 3.13. The number of carbonyl (C=O) groups excluding carboxylic acids is 3. The highest BCUT2D eigenvalue weighted by molar-refractivity contribution is 7.99. The molecule has 0 rings (SSSR count). The second kappa shape index (κ2) is 37.3. The Balaban J connectivity index is 4.38. The lowest BCUT2D eigenvalue weighted by Gasteiger charge is -2.20. The molecule has 0 aromatic heterocycles. The fourth-order valence-electron chi connectivity index (χ4n) is 5.55. The Kier molecular flexibility index (Phi) is 36.5. The lowest BCUT2D eigenvalue weighted by atomic mass is 10.1. The molecule has 0 saturated carbocycles. The first kappa shape index (κ1) is 52.8. The van der Waals surface area contributed by atoms with Crippen LogP contribution in [0.1, 0.15) is 149 Å². The van der Waals surface area contributed by atoms with E-state index in [4.69, 9.17) is 29.7 Å². The maximum Gasteiger partial charge on any atom is 0.330 e. The van der Waals surface area contributed by atoms with Crippen LogP contribution in [0.3, 0.4) is 0 Å². The van der Waals surface area contributed by atoms with Gasteiger partial charge in [-0.3, -0.25) is 18.9 Å². The molecule has 7 N–H and O–H groups in total. The van der Waals surface area contributed by atoms with Crippen LogP contribution in [0.2, 0.25) is 0 Å². The number of unbranched alkanes of at least 4 members (excludes halogenated alkanes) is 17. The Morgan fingerprint density at radius 2 is 1.17 bits per heavy atom. The molecule has 320 valence electrons. The lowest BCUT2D eigenvalue weighted by molar-refractivity contribution is -0.126. The molecule has 3 atom stereocenters. The normalized spacial score (nSPS) is 13.4. The van der Waals surface area contributed by atoms with E-state index in [9.17, 15) is 18.9 Å². The molecule has 0 radical (unpaired) electrons. The topological polar surface area (TPSA) is 199 Å². The van der Waals surface area contributed by atoms with Crippen molar-refractivity contribution in [1.29, 1.82) is 0 Å². The van der Waals surface area contributed by atoms with Crippen molar-refractivity contribution in [2.24, 2.45) is 5.73 Å². The van der Waals surface area contributed by atoms with Crippen LogP contribution in [-0.2, 0) is 33.2 Å². The van der Waals surface area contributed by atoms with Gasteiger partial charge >= 0.3 is 7.60 Å². The summed E-state index contributed by atoms with van der Waals surface area (Å²) < 4.78 is 27.6. The summed E-state index contributed by atoms with van der Waals surface area (Å²) in [5, 5.41) is 8.35. The van der Waals surface area contributed by atoms with Crippen molar-refractivity contribution in [3.8, 4) is 0 Å². The van der Waals surface area contributed by atoms with Gasteiger partial charge in [0, 0.05) is 31.1 Å². The zero-order chi connectivity index (χ0) is 40.1. The second-order valence-corrected chi connectivity index (χ2v) is 17.6. The number of nitrogens with one attached hydrogen (secondary N) is 3. The Labute approximate surface area is 332 Å². The molecule has 1 unspecified atom stereocenters. The SMILES string of the molecule is CCCCCCCCCCCCOC[C@H](CSC[C@H](N)C(=O)NCC(=O)NCCOCCOCC(C)P(=O)(O)O)NC(=O)CCCCCCCCCCC. The average molecular weight is 811 g/mol. The van der Waals surface area contributed by atoms with Crippen LogP contribution in [0, 0.1) is 0 Å². The van der Waals surface area contributed by atoms with Crippen LogP contribution < -0.4 is 21.7 Å². The smallest absolute Gasteiger partial charge is 0.330 e. The van der Waals surface area contributed by atoms with E-state index >= 15 is 0 Å². The summed E-state index contributed by atoms with van der Waals surface area (Å²) in [5.41, 5.74) is 5.23. The van der Waals surface area contributed by atoms with E-state index < -0.39 is 25.2 Å². The summed E-state index contributed by atoms with van der Waals surface area (Å²) in [7, 11) is -4.16. The van der Waals surface area contributed by atoms with E-state index in [0.29, 0.717) is 31.1 Å². The molecule has 0 fully saturated rings. The third kappa shape index (κ3) is 35.2. The van der Waals surface area contributed by atoms with Crippen LogP contribution in [-0.4, -0.2) is 109 Å². The van der Waals surface area contributed by atoms with Gasteiger partial charge in [-0.1, -0.05) is 123 Å².